The van der Waals surface area contributed by atoms with Crippen LogP contribution in [0.1, 0.15) is 41.9 Å². The van der Waals surface area contributed by atoms with E-state index in [1.165, 1.54) is 12.8 Å². The second kappa shape index (κ2) is 4.45. The summed E-state index contributed by atoms with van der Waals surface area (Å²) in [7, 11) is 0. The van der Waals surface area contributed by atoms with Gasteiger partial charge in [0, 0.05) is 0 Å². The second-order valence-electron chi connectivity index (χ2n) is 6.17. The molecule has 2 bridgehead atoms. The fraction of sp³-hybridized carbons (Fsp3) is 0.467. The summed E-state index contributed by atoms with van der Waals surface area (Å²) in [5, 5.41) is 3.98. The molecule has 2 aliphatic heterocycles. The minimum atomic E-state index is -0.540. The number of piperidine rings is 2. The van der Waals surface area contributed by atoms with E-state index in [0.717, 1.165) is 36.6 Å². The lowest BCUT2D eigenvalue weighted by Gasteiger charge is -2.46. The van der Waals surface area contributed by atoms with Crippen molar-refractivity contribution in [2.24, 2.45) is 11.7 Å². The lowest BCUT2D eigenvalue weighted by molar-refractivity contribution is 0.100. The molecule has 1 saturated carbocycles. The SMILES string of the molecule is NC(=O)c1c(Cl)ccc2[nH]c(C34CCC(CC3)CN4)nc12. The lowest BCUT2D eigenvalue weighted by Crippen LogP contribution is -2.53. The van der Waals surface area contributed by atoms with E-state index < -0.39 is 5.91 Å². The highest BCUT2D eigenvalue weighted by Gasteiger charge is 2.43. The molecule has 0 atom stereocenters. The molecule has 2 aromatic rings. The van der Waals surface area contributed by atoms with Crippen LogP contribution in [-0.4, -0.2) is 22.4 Å². The van der Waals surface area contributed by atoms with Crippen LogP contribution in [0.25, 0.3) is 11.0 Å². The first-order valence-corrected chi connectivity index (χ1v) is 7.70. The number of carbonyl (C=O) groups excluding carboxylic acids is 1. The molecule has 21 heavy (non-hydrogen) atoms. The van der Waals surface area contributed by atoms with Crippen molar-refractivity contribution in [3.63, 3.8) is 0 Å². The number of primary amides is 1. The maximum Gasteiger partial charge on any atom is 0.252 e. The first kappa shape index (κ1) is 13.1. The molecule has 3 aliphatic rings. The van der Waals surface area contributed by atoms with E-state index in [0.29, 0.717) is 16.1 Å². The van der Waals surface area contributed by atoms with Gasteiger partial charge >= 0.3 is 0 Å². The Balaban J connectivity index is 1.88. The normalized spacial score (nSPS) is 28.1. The molecule has 3 heterocycles. The average Bonchev–Trinajstić information content (AvgIpc) is 2.93. The topological polar surface area (TPSA) is 83.8 Å². The number of nitrogens with two attached hydrogens (primary N) is 1. The molecule has 1 aliphatic carbocycles. The highest BCUT2D eigenvalue weighted by Crippen LogP contribution is 2.43. The molecule has 0 spiro atoms. The standard InChI is InChI=1S/C15H17ClN4O/c16-9-1-2-10-12(11(9)13(17)21)20-14(19-10)15-5-3-8(4-6-15)7-18-15/h1-2,8,18H,3-7H2,(H2,17,21)(H,19,20). The van der Waals surface area contributed by atoms with Gasteiger partial charge < -0.3 is 16.0 Å². The van der Waals surface area contributed by atoms with E-state index in [9.17, 15) is 4.79 Å². The molecule has 5 nitrogen and oxygen atoms in total. The summed E-state index contributed by atoms with van der Waals surface area (Å²) in [6, 6.07) is 3.54. The third kappa shape index (κ3) is 1.88. The van der Waals surface area contributed by atoms with Crippen LogP contribution in [0.3, 0.4) is 0 Å². The lowest BCUT2D eigenvalue weighted by atomic mass is 9.72. The fourth-order valence-electron chi connectivity index (χ4n) is 3.72. The molecule has 4 N–H and O–H groups in total. The van der Waals surface area contributed by atoms with Crippen LogP contribution in [0.15, 0.2) is 12.1 Å². The Kier molecular flexibility index (Phi) is 2.78. The minimum Gasteiger partial charge on any atom is -0.365 e. The zero-order chi connectivity index (χ0) is 14.6. The number of benzene rings is 1. The maximum absolute atomic E-state index is 11.6. The van der Waals surface area contributed by atoms with E-state index >= 15 is 0 Å². The Morgan fingerprint density at radius 2 is 2.14 bits per heavy atom. The van der Waals surface area contributed by atoms with Gasteiger partial charge in [-0.1, -0.05) is 11.6 Å². The summed E-state index contributed by atoms with van der Waals surface area (Å²) in [6.45, 7) is 1.04. The molecule has 110 valence electrons. The molecule has 5 rings (SSSR count). The predicted molar refractivity (Wildman–Crippen MR) is 81.3 cm³/mol. The van der Waals surface area contributed by atoms with Crippen LogP contribution in [-0.2, 0) is 5.54 Å². The van der Waals surface area contributed by atoms with Crippen LogP contribution >= 0.6 is 11.6 Å². The van der Waals surface area contributed by atoms with E-state index in [2.05, 4.69) is 15.3 Å². The quantitative estimate of drug-likeness (QED) is 0.796. The Labute approximate surface area is 127 Å². The van der Waals surface area contributed by atoms with Gasteiger partial charge in [0.2, 0.25) is 0 Å². The number of imidazole rings is 1. The summed E-state index contributed by atoms with van der Waals surface area (Å²) in [4.78, 5) is 19.7. The van der Waals surface area contributed by atoms with Gasteiger partial charge in [0.05, 0.1) is 21.6 Å². The van der Waals surface area contributed by atoms with Crippen LogP contribution in [0.5, 0.6) is 0 Å². The largest absolute Gasteiger partial charge is 0.365 e. The number of hydrogen-bond acceptors (Lipinski definition) is 3. The number of hydrogen-bond donors (Lipinski definition) is 3. The first-order valence-electron chi connectivity index (χ1n) is 7.33. The highest BCUT2D eigenvalue weighted by molar-refractivity contribution is 6.35. The number of aromatic nitrogens is 2. The van der Waals surface area contributed by atoms with Crippen molar-refractivity contribution in [2.75, 3.05) is 6.54 Å². The van der Waals surface area contributed by atoms with Crippen LogP contribution in [0, 0.1) is 5.92 Å². The van der Waals surface area contributed by atoms with Gasteiger partial charge in [-0.15, -0.1) is 0 Å². The highest BCUT2D eigenvalue weighted by atomic mass is 35.5. The zero-order valence-electron chi connectivity index (χ0n) is 11.6. The molecule has 1 aromatic carbocycles. The Bertz CT molecular complexity index is 717. The fourth-order valence-corrected chi connectivity index (χ4v) is 3.97. The molecule has 6 heteroatoms. The van der Waals surface area contributed by atoms with Gasteiger partial charge in [-0.05, 0) is 50.3 Å². The van der Waals surface area contributed by atoms with Crippen molar-refractivity contribution in [2.45, 2.75) is 31.2 Å². The molecule has 1 amide bonds. The zero-order valence-corrected chi connectivity index (χ0v) is 12.3. The summed E-state index contributed by atoms with van der Waals surface area (Å²) in [6.07, 6.45) is 4.62. The van der Waals surface area contributed by atoms with Crippen LogP contribution in [0.2, 0.25) is 5.02 Å². The number of nitrogens with one attached hydrogen (secondary N) is 2. The van der Waals surface area contributed by atoms with Crippen molar-refractivity contribution in [3.05, 3.63) is 28.5 Å². The van der Waals surface area contributed by atoms with Crippen molar-refractivity contribution in [1.29, 1.82) is 0 Å². The Hall–Kier alpha value is -1.59. The van der Waals surface area contributed by atoms with Gasteiger partial charge in [-0.2, -0.15) is 0 Å². The number of carbonyl (C=O) groups is 1. The Morgan fingerprint density at radius 3 is 2.76 bits per heavy atom. The maximum atomic E-state index is 11.6. The molecule has 2 saturated heterocycles. The van der Waals surface area contributed by atoms with Gasteiger partial charge in [-0.3, -0.25) is 4.79 Å². The van der Waals surface area contributed by atoms with E-state index in [1.54, 1.807) is 6.07 Å². The molecular formula is C15H17ClN4O. The van der Waals surface area contributed by atoms with Gasteiger partial charge in [-0.25, -0.2) is 4.98 Å². The van der Waals surface area contributed by atoms with E-state index in [4.69, 9.17) is 17.3 Å². The summed E-state index contributed by atoms with van der Waals surface area (Å²) < 4.78 is 0. The number of amides is 1. The van der Waals surface area contributed by atoms with E-state index in [-0.39, 0.29) is 5.54 Å². The van der Waals surface area contributed by atoms with Crippen molar-refractivity contribution >= 4 is 28.5 Å². The Morgan fingerprint density at radius 1 is 1.38 bits per heavy atom. The van der Waals surface area contributed by atoms with Gasteiger partial charge in [0.15, 0.2) is 0 Å². The molecular weight excluding hydrogens is 288 g/mol. The monoisotopic (exact) mass is 304 g/mol. The van der Waals surface area contributed by atoms with Crippen molar-refractivity contribution < 1.29 is 4.79 Å². The number of halogens is 1. The van der Waals surface area contributed by atoms with Crippen molar-refractivity contribution in [1.82, 2.24) is 15.3 Å². The first-order chi connectivity index (χ1) is 10.1. The number of fused-ring (bicyclic) bond motifs is 4. The van der Waals surface area contributed by atoms with Crippen LogP contribution < -0.4 is 11.1 Å². The minimum absolute atomic E-state index is 0.0881. The summed E-state index contributed by atoms with van der Waals surface area (Å²) in [5.41, 5.74) is 7.05. The van der Waals surface area contributed by atoms with Crippen molar-refractivity contribution in [3.8, 4) is 0 Å². The number of rotatable bonds is 2. The summed E-state index contributed by atoms with van der Waals surface area (Å²) in [5.74, 6) is 1.16. The average molecular weight is 305 g/mol. The number of aromatic amines is 1. The number of nitrogens with zero attached hydrogens (tertiary/aromatic N) is 1. The van der Waals surface area contributed by atoms with Crippen LogP contribution in [0.4, 0.5) is 0 Å². The molecule has 1 aromatic heterocycles. The number of H-pyrrole nitrogens is 1. The van der Waals surface area contributed by atoms with Gasteiger partial charge in [0.25, 0.3) is 5.91 Å². The molecule has 0 unspecified atom stereocenters. The summed E-state index contributed by atoms with van der Waals surface area (Å²) >= 11 is 6.10. The van der Waals surface area contributed by atoms with E-state index in [1.807, 2.05) is 6.07 Å². The molecule has 0 radical (unpaired) electrons. The third-order valence-electron chi connectivity index (χ3n) is 4.99. The third-order valence-corrected chi connectivity index (χ3v) is 5.31. The van der Waals surface area contributed by atoms with Gasteiger partial charge in [0.1, 0.15) is 11.3 Å². The predicted octanol–water partition coefficient (Wildman–Crippen LogP) is 2.30. The molecule has 3 fully saturated rings. The smallest absolute Gasteiger partial charge is 0.252 e. The second-order valence-corrected chi connectivity index (χ2v) is 6.58.